The summed E-state index contributed by atoms with van der Waals surface area (Å²) in [4.78, 5) is 36.7. The zero-order valence-electron chi connectivity index (χ0n) is 17.3. The SMILES string of the molecule is CCOc1cc(/C=C2/NC(=O)N(CC(=O)OC)C2=O)cc(Cl)c1OCc1ccc(I)cc1. The maximum Gasteiger partial charge on any atom is 0.329 e. The molecule has 3 rings (SSSR count). The largest absolute Gasteiger partial charge is 0.490 e. The average molecular weight is 571 g/mol. The highest BCUT2D eigenvalue weighted by Gasteiger charge is 2.35. The van der Waals surface area contributed by atoms with E-state index in [2.05, 4.69) is 32.6 Å². The lowest BCUT2D eigenvalue weighted by molar-refractivity contribution is -0.143. The molecule has 1 N–H and O–H groups in total. The number of hydrogen-bond donors (Lipinski definition) is 1. The number of hydrogen-bond acceptors (Lipinski definition) is 6. The molecule has 0 atom stereocenters. The van der Waals surface area contributed by atoms with E-state index in [1.54, 1.807) is 12.1 Å². The number of carbonyl (C=O) groups excluding carboxylic acids is 3. The molecule has 10 heteroatoms. The van der Waals surface area contributed by atoms with E-state index < -0.39 is 24.5 Å². The number of methoxy groups -OCH3 is 1. The van der Waals surface area contributed by atoms with Crippen molar-refractivity contribution in [1.29, 1.82) is 0 Å². The first kappa shape index (κ1) is 23.9. The third-order valence-electron chi connectivity index (χ3n) is 4.42. The predicted molar refractivity (Wildman–Crippen MR) is 126 cm³/mol. The Morgan fingerprint density at radius 2 is 1.91 bits per heavy atom. The van der Waals surface area contributed by atoms with Crippen molar-refractivity contribution >= 4 is 58.2 Å². The monoisotopic (exact) mass is 570 g/mol. The first-order valence-electron chi connectivity index (χ1n) is 9.57. The molecule has 3 amide bonds. The maximum atomic E-state index is 12.5. The minimum absolute atomic E-state index is 0.00461. The molecule has 0 spiro atoms. The van der Waals surface area contributed by atoms with E-state index in [-0.39, 0.29) is 10.7 Å². The van der Waals surface area contributed by atoms with Crippen molar-refractivity contribution in [2.75, 3.05) is 20.3 Å². The van der Waals surface area contributed by atoms with Gasteiger partial charge in [0.15, 0.2) is 11.5 Å². The van der Waals surface area contributed by atoms with Gasteiger partial charge >= 0.3 is 12.0 Å². The fraction of sp³-hybridized carbons (Fsp3) is 0.227. The smallest absolute Gasteiger partial charge is 0.329 e. The second kappa shape index (κ2) is 10.7. The molecule has 0 bridgehead atoms. The number of benzene rings is 2. The number of halogens is 2. The predicted octanol–water partition coefficient (Wildman–Crippen LogP) is 3.99. The van der Waals surface area contributed by atoms with Crippen LogP contribution in [0.25, 0.3) is 6.08 Å². The molecule has 1 heterocycles. The van der Waals surface area contributed by atoms with Gasteiger partial charge in [-0.15, -0.1) is 0 Å². The van der Waals surface area contributed by atoms with Crippen molar-refractivity contribution in [3.05, 3.63) is 61.8 Å². The van der Waals surface area contributed by atoms with Gasteiger partial charge in [-0.2, -0.15) is 0 Å². The van der Waals surface area contributed by atoms with Crippen LogP contribution in [0, 0.1) is 3.57 Å². The molecule has 0 aliphatic carbocycles. The fourth-order valence-corrected chi connectivity index (χ4v) is 3.52. The highest BCUT2D eigenvalue weighted by atomic mass is 127. The van der Waals surface area contributed by atoms with Crippen molar-refractivity contribution in [1.82, 2.24) is 10.2 Å². The molecule has 0 unspecified atom stereocenters. The minimum Gasteiger partial charge on any atom is -0.490 e. The van der Waals surface area contributed by atoms with Crippen molar-refractivity contribution < 1.29 is 28.6 Å². The number of carbonyl (C=O) groups is 3. The van der Waals surface area contributed by atoms with E-state index in [1.807, 2.05) is 31.2 Å². The van der Waals surface area contributed by atoms with Crippen molar-refractivity contribution in [3.8, 4) is 11.5 Å². The maximum absolute atomic E-state index is 12.5. The Bertz CT molecular complexity index is 1070. The van der Waals surface area contributed by atoms with Crippen molar-refractivity contribution in [2.24, 2.45) is 0 Å². The van der Waals surface area contributed by atoms with E-state index >= 15 is 0 Å². The van der Waals surface area contributed by atoms with Gasteiger partial charge < -0.3 is 19.5 Å². The number of rotatable bonds is 8. The Labute approximate surface area is 203 Å². The Kier molecular flexibility index (Phi) is 7.97. The zero-order valence-corrected chi connectivity index (χ0v) is 20.2. The Morgan fingerprint density at radius 3 is 2.56 bits per heavy atom. The van der Waals surface area contributed by atoms with Crippen LogP contribution in [0.15, 0.2) is 42.1 Å². The Morgan fingerprint density at radius 1 is 1.19 bits per heavy atom. The van der Waals surface area contributed by atoms with Gasteiger partial charge in [-0.25, -0.2) is 9.69 Å². The standard InChI is InChI=1S/C22H20ClIN2O6/c1-3-31-18-10-14(9-17-21(28)26(22(29)25-17)11-19(27)30-2)8-16(23)20(18)32-12-13-4-6-15(24)7-5-13/h4-10H,3,11-12H2,1-2H3,(H,25,29)/b17-9+. The molecule has 1 fully saturated rings. The zero-order chi connectivity index (χ0) is 23.3. The second-order valence-corrected chi connectivity index (χ2v) is 8.29. The first-order chi connectivity index (χ1) is 15.3. The number of amides is 3. The molecule has 1 saturated heterocycles. The molecule has 2 aromatic carbocycles. The van der Waals surface area contributed by atoms with Gasteiger partial charge in [-0.1, -0.05) is 23.7 Å². The number of urea groups is 1. The van der Waals surface area contributed by atoms with E-state index in [1.165, 1.54) is 13.2 Å². The number of esters is 1. The summed E-state index contributed by atoms with van der Waals surface area (Å²) in [6.45, 7) is 2.02. The molecule has 8 nitrogen and oxygen atoms in total. The van der Waals surface area contributed by atoms with Crippen LogP contribution in [0.2, 0.25) is 5.02 Å². The highest BCUT2D eigenvalue weighted by Crippen LogP contribution is 2.38. The van der Waals surface area contributed by atoms with Crippen LogP contribution in [0.5, 0.6) is 11.5 Å². The Hall–Kier alpha value is -2.79. The van der Waals surface area contributed by atoms with Gasteiger partial charge in [0.25, 0.3) is 5.91 Å². The van der Waals surface area contributed by atoms with Crippen LogP contribution in [-0.4, -0.2) is 43.1 Å². The average Bonchev–Trinajstić information content (AvgIpc) is 3.01. The van der Waals surface area contributed by atoms with Crippen LogP contribution >= 0.6 is 34.2 Å². The van der Waals surface area contributed by atoms with Crippen LogP contribution in [0.3, 0.4) is 0 Å². The fourth-order valence-electron chi connectivity index (χ4n) is 2.89. The van der Waals surface area contributed by atoms with Gasteiger partial charge in [0, 0.05) is 3.57 Å². The summed E-state index contributed by atoms with van der Waals surface area (Å²) < 4.78 is 17.2. The van der Waals surface area contributed by atoms with Crippen molar-refractivity contribution in [2.45, 2.75) is 13.5 Å². The van der Waals surface area contributed by atoms with Crippen molar-refractivity contribution in [3.63, 3.8) is 0 Å². The number of ether oxygens (including phenoxy) is 3. The molecule has 2 aromatic rings. The van der Waals surface area contributed by atoms with Gasteiger partial charge in [0.05, 0.1) is 18.7 Å². The third-order valence-corrected chi connectivity index (χ3v) is 5.42. The summed E-state index contributed by atoms with van der Waals surface area (Å²) in [6.07, 6.45) is 1.45. The van der Waals surface area contributed by atoms with Gasteiger partial charge in [-0.05, 0) is 71.0 Å². The molecule has 0 radical (unpaired) electrons. The van der Waals surface area contributed by atoms with Gasteiger partial charge in [0.1, 0.15) is 18.8 Å². The summed E-state index contributed by atoms with van der Waals surface area (Å²) in [5.41, 5.74) is 1.49. The minimum atomic E-state index is -0.708. The third kappa shape index (κ3) is 5.71. The normalized spacial score (nSPS) is 14.5. The van der Waals surface area contributed by atoms with E-state index in [9.17, 15) is 14.4 Å². The topological polar surface area (TPSA) is 94.2 Å². The molecule has 32 heavy (non-hydrogen) atoms. The molecule has 168 valence electrons. The lowest BCUT2D eigenvalue weighted by Crippen LogP contribution is -2.36. The summed E-state index contributed by atoms with van der Waals surface area (Å²) in [7, 11) is 1.18. The highest BCUT2D eigenvalue weighted by molar-refractivity contribution is 14.1. The first-order valence-corrected chi connectivity index (χ1v) is 11.0. The molecule has 1 aliphatic heterocycles. The lowest BCUT2D eigenvalue weighted by Gasteiger charge is -2.15. The summed E-state index contributed by atoms with van der Waals surface area (Å²) in [6, 6.07) is 10.4. The molecular weight excluding hydrogens is 551 g/mol. The summed E-state index contributed by atoms with van der Waals surface area (Å²) >= 11 is 8.68. The molecule has 0 aromatic heterocycles. The molecular formula is C22H20ClIN2O6. The second-order valence-electron chi connectivity index (χ2n) is 6.63. The van der Waals surface area contributed by atoms with E-state index in [4.69, 9.17) is 21.1 Å². The summed E-state index contributed by atoms with van der Waals surface area (Å²) in [5.74, 6) is -0.566. The van der Waals surface area contributed by atoms with E-state index in [0.29, 0.717) is 30.3 Å². The number of nitrogens with zero attached hydrogens (tertiary/aromatic N) is 1. The lowest BCUT2D eigenvalue weighted by atomic mass is 10.1. The number of nitrogens with one attached hydrogen (secondary N) is 1. The van der Waals surface area contributed by atoms with Crippen LogP contribution < -0.4 is 14.8 Å². The quantitative estimate of drug-likeness (QED) is 0.223. The van der Waals surface area contributed by atoms with Crippen LogP contribution in [-0.2, 0) is 20.9 Å². The van der Waals surface area contributed by atoms with Gasteiger partial charge in [0.2, 0.25) is 0 Å². The Balaban J connectivity index is 1.83. The van der Waals surface area contributed by atoms with Gasteiger partial charge in [-0.3, -0.25) is 9.59 Å². The number of imide groups is 1. The van der Waals surface area contributed by atoms with Crippen LogP contribution in [0.1, 0.15) is 18.1 Å². The van der Waals surface area contributed by atoms with Crippen LogP contribution in [0.4, 0.5) is 4.79 Å². The van der Waals surface area contributed by atoms with E-state index in [0.717, 1.165) is 14.0 Å². The summed E-state index contributed by atoms with van der Waals surface area (Å²) in [5, 5.41) is 2.73. The molecule has 1 aliphatic rings. The molecule has 0 saturated carbocycles.